The van der Waals surface area contributed by atoms with Crippen molar-refractivity contribution in [2.45, 2.75) is 57.5 Å². The van der Waals surface area contributed by atoms with E-state index in [1.807, 2.05) is 18.2 Å². The fourth-order valence-corrected chi connectivity index (χ4v) is 3.40. The highest BCUT2D eigenvalue weighted by atomic mass is 16.5. The van der Waals surface area contributed by atoms with Crippen molar-refractivity contribution in [3.8, 4) is 5.75 Å². The van der Waals surface area contributed by atoms with Gasteiger partial charge in [0.1, 0.15) is 5.75 Å². The highest BCUT2D eigenvalue weighted by Crippen LogP contribution is 2.33. The molecule has 2 aliphatic rings. The Kier molecular flexibility index (Phi) is 4.47. The molecule has 0 saturated heterocycles. The minimum absolute atomic E-state index is 0.343. The third-order valence-electron chi connectivity index (χ3n) is 4.78. The molecule has 0 bridgehead atoms. The van der Waals surface area contributed by atoms with Crippen molar-refractivity contribution in [1.29, 1.82) is 0 Å². The highest BCUT2D eigenvalue weighted by Gasteiger charge is 2.34. The molecule has 0 spiro atoms. The first kappa shape index (κ1) is 14.4. The van der Waals surface area contributed by atoms with E-state index in [4.69, 9.17) is 4.74 Å². The number of hydrogen-bond acceptors (Lipinski definition) is 2. The van der Waals surface area contributed by atoms with E-state index in [2.05, 4.69) is 11.0 Å². The molecule has 0 unspecified atom stereocenters. The number of para-hydroxylation sites is 1. The molecule has 1 amide bonds. The van der Waals surface area contributed by atoms with Crippen LogP contribution in [0, 0.1) is 5.92 Å². The van der Waals surface area contributed by atoms with Gasteiger partial charge in [0.2, 0.25) is 5.91 Å². The maximum atomic E-state index is 12.7. The Balaban J connectivity index is 1.67. The van der Waals surface area contributed by atoms with Gasteiger partial charge in [0.05, 0.1) is 7.11 Å². The molecule has 0 aliphatic heterocycles. The van der Waals surface area contributed by atoms with Gasteiger partial charge in [-0.15, -0.1) is 0 Å². The average molecular weight is 287 g/mol. The number of methoxy groups -OCH3 is 1. The SMILES string of the molecule is COc1ccccc1CN(C(=O)CC1CCCC1)C1CC1. The molecule has 0 atom stereocenters. The molecule has 0 N–H and O–H groups in total. The maximum Gasteiger partial charge on any atom is 0.223 e. The lowest BCUT2D eigenvalue weighted by molar-refractivity contribution is -0.133. The molecule has 3 heteroatoms. The first-order chi connectivity index (χ1) is 10.3. The summed E-state index contributed by atoms with van der Waals surface area (Å²) < 4.78 is 5.42. The summed E-state index contributed by atoms with van der Waals surface area (Å²) in [7, 11) is 1.70. The zero-order valence-corrected chi connectivity index (χ0v) is 12.9. The van der Waals surface area contributed by atoms with Crippen LogP contribution in [0.3, 0.4) is 0 Å². The van der Waals surface area contributed by atoms with Gasteiger partial charge in [-0.25, -0.2) is 0 Å². The maximum absolute atomic E-state index is 12.7. The van der Waals surface area contributed by atoms with Crippen LogP contribution in [-0.2, 0) is 11.3 Å². The van der Waals surface area contributed by atoms with Crippen LogP contribution < -0.4 is 4.74 Å². The smallest absolute Gasteiger partial charge is 0.223 e. The standard InChI is InChI=1S/C18H25NO2/c1-21-17-9-5-4-8-15(17)13-19(16-10-11-16)18(20)12-14-6-2-3-7-14/h4-5,8-9,14,16H,2-3,6-7,10-13H2,1H3. The average Bonchev–Trinajstić information content (AvgIpc) is 3.22. The van der Waals surface area contributed by atoms with Crippen LogP contribution in [0.2, 0.25) is 0 Å². The monoisotopic (exact) mass is 287 g/mol. The van der Waals surface area contributed by atoms with E-state index in [1.54, 1.807) is 7.11 Å². The molecular weight excluding hydrogens is 262 g/mol. The molecule has 0 aromatic heterocycles. The fraction of sp³-hybridized carbons (Fsp3) is 0.611. The summed E-state index contributed by atoms with van der Waals surface area (Å²) in [5, 5.41) is 0. The number of hydrogen-bond donors (Lipinski definition) is 0. The molecule has 1 aromatic rings. The minimum atomic E-state index is 0.343. The summed E-state index contributed by atoms with van der Waals surface area (Å²) >= 11 is 0. The van der Waals surface area contributed by atoms with Gasteiger partial charge in [-0.2, -0.15) is 0 Å². The van der Waals surface area contributed by atoms with E-state index in [9.17, 15) is 4.79 Å². The molecule has 114 valence electrons. The van der Waals surface area contributed by atoms with Gasteiger partial charge in [-0.3, -0.25) is 4.79 Å². The largest absolute Gasteiger partial charge is 0.496 e. The molecule has 2 fully saturated rings. The van der Waals surface area contributed by atoms with Crippen LogP contribution in [0.15, 0.2) is 24.3 Å². The lowest BCUT2D eigenvalue weighted by Crippen LogP contribution is -2.33. The van der Waals surface area contributed by atoms with E-state index in [-0.39, 0.29) is 0 Å². The Morgan fingerprint density at radius 3 is 2.57 bits per heavy atom. The van der Waals surface area contributed by atoms with Crippen LogP contribution in [0.4, 0.5) is 0 Å². The van der Waals surface area contributed by atoms with Crippen molar-refractivity contribution in [1.82, 2.24) is 4.90 Å². The van der Waals surface area contributed by atoms with E-state index in [1.165, 1.54) is 25.7 Å². The quantitative estimate of drug-likeness (QED) is 0.797. The normalized spacial score (nSPS) is 18.7. The number of carbonyl (C=O) groups is 1. The van der Waals surface area contributed by atoms with Crippen molar-refractivity contribution in [2.24, 2.45) is 5.92 Å². The molecule has 3 rings (SSSR count). The number of ether oxygens (including phenoxy) is 1. The second-order valence-corrected chi connectivity index (χ2v) is 6.42. The highest BCUT2D eigenvalue weighted by molar-refractivity contribution is 5.77. The zero-order valence-electron chi connectivity index (χ0n) is 12.9. The molecule has 0 radical (unpaired) electrons. The van der Waals surface area contributed by atoms with Gasteiger partial charge in [0, 0.05) is 24.6 Å². The van der Waals surface area contributed by atoms with Crippen molar-refractivity contribution < 1.29 is 9.53 Å². The summed E-state index contributed by atoms with van der Waals surface area (Å²) in [5.41, 5.74) is 1.12. The van der Waals surface area contributed by atoms with Crippen molar-refractivity contribution in [3.05, 3.63) is 29.8 Å². The van der Waals surface area contributed by atoms with Crippen molar-refractivity contribution in [2.75, 3.05) is 7.11 Å². The third-order valence-corrected chi connectivity index (χ3v) is 4.78. The summed E-state index contributed by atoms with van der Waals surface area (Å²) in [4.78, 5) is 14.8. The third kappa shape index (κ3) is 3.58. The van der Waals surface area contributed by atoms with Crippen LogP contribution in [0.25, 0.3) is 0 Å². The molecule has 2 saturated carbocycles. The second-order valence-electron chi connectivity index (χ2n) is 6.42. The molecule has 0 heterocycles. The van der Waals surface area contributed by atoms with Gasteiger partial charge < -0.3 is 9.64 Å². The first-order valence-electron chi connectivity index (χ1n) is 8.19. The van der Waals surface area contributed by atoms with Crippen molar-refractivity contribution >= 4 is 5.91 Å². The number of rotatable bonds is 6. The number of benzene rings is 1. The number of nitrogens with zero attached hydrogens (tertiary/aromatic N) is 1. The lowest BCUT2D eigenvalue weighted by atomic mass is 10.0. The molecule has 21 heavy (non-hydrogen) atoms. The first-order valence-corrected chi connectivity index (χ1v) is 8.19. The summed E-state index contributed by atoms with van der Waals surface area (Å²) in [6.45, 7) is 0.695. The summed E-state index contributed by atoms with van der Waals surface area (Å²) in [5.74, 6) is 1.85. The topological polar surface area (TPSA) is 29.5 Å². The lowest BCUT2D eigenvalue weighted by Gasteiger charge is -2.25. The van der Waals surface area contributed by atoms with Crippen molar-refractivity contribution in [3.63, 3.8) is 0 Å². The number of amides is 1. The van der Waals surface area contributed by atoms with Crippen LogP contribution >= 0.6 is 0 Å². The molecule has 3 nitrogen and oxygen atoms in total. The Labute approximate surface area is 127 Å². The van der Waals surface area contributed by atoms with Gasteiger partial charge in [0.15, 0.2) is 0 Å². The van der Waals surface area contributed by atoms with E-state index >= 15 is 0 Å². The van der Waals surface area contributed by atoms with Gasteiger partial charge in [-0.05, 0) is 37.7 Å². The van der Waals surface area contributed by atoms with Crippen LogP contribution in [0.1, 0.15) is 50.5 Å². The minimum Gasteiger partial charge on any atom is -0.496 e. The van der Waals surface area contributed by atoms with E-state index in [0.717, 1.165) is 30.6 Å². The van der Waals surface area contributed by atoms with Gasteiger partial charge in [0.25, 0.3) is 0 Å². The summed E-state index contributed by atoms with van der Waals surface area (Å²) in [6, 6.07) is 8.50. The van der Waals surface area contributed by atoms with Gasteiger partial charge >= 0.3 is 0 Å². The van der Waals surface area contributed by atoms with E-state index in [0.29, 0.717) is 24.4 Å². The van der Waals surface area contributed by atoms with E-state index < -0.39 is 0 Å². The Bertz CT molecular complexity index is 490. The Hall–Kier alpha value is -1.51. The molecular formula is C18H25NO2. The fourth-order valence-electron chi connectivity index (χ4n) is 3.40. The number of carbonyl (C=O) groups excluding carboxylic acids is 1. The van der Waals surface area contributed by atoms with Crippen LogP contribution in [0.5, 0.6) is 5.75 Å². The predicted molar refractivity (Wildman–Crippen MR) is 83.1 cm³/mol. The zero-order chi connectivity index (χ0) is 14.7. The molecule has 1 aromatic carbocycles. The Morgan fingerprint density at radius 1 is 1.19 bits per heavy atom. The molecule has 2 aliphatic carbocycles. The Morgan fingerprint density at radius 2 is 1.90 bits per heavy atom. The van der Waals surface area contributed by atoms with Gasteiger partial charge in [-0.1, -0.05) is 31.0 Å². The predicted octanol–water partition coefficient (Wildman–Crippen LogP) is 3.77. The van der Waals surface area contributed by atoms with Crippen LogP contribution in [-0.4, -0.2) is 24.0 Å². The second kappa shape index (κ2) is 6.50. The summed E-state index contributed by atoms with van der Waals surface area (Å²) in [6.07, 6.45) is 8.13.